The number of benzene rings is 2. The van der Waals surface area contributed by atoms with E-state index in [1.54, 1.807) is 6.33 Å². The standard InChI is InChI=1S/C16H16N4O/c1-11-4-2-3-5-12(11)9-17-16(21)20-13-6-7-14-15(8-13)19-10-18-14/h2-8,10H,9H2,1H3,(H,18,19)(H2,17,20,21). The molecule has 0 aliphatic carbocycles. The van der Waals surface area contributed by atoms with Crippen LogP contribution in [0.4, 0.5) is 10.5 Å². The van der Waals surface area contributed by atoms with Gasteiger partial charge >= 0.3 is 6.03 Å². The number of urea groups is 1. The van der Waals surface area contributed by atoms with E-state index in [0.717, 1.165) is 27.8 Å². The first-order valence-corrected chi connectivity index (χ1v) is 6.75. The zero-order chi connectivity index (χ0) is 14.7. The van der Waals surface area contributed by atoms with Gasteiger partial charge in [0.25, 0.3) is 0 Å². The lowest BCUT2D eigenvalue weighted by molar-refractivity contribution is 0.251. The lowest BCUT2D eigenvalue weighted by Crippen LogP contribution is -2.28. The molecule has 3 N–H and O–H groups in total. The highest BCUT2D eigenvalue weighted by atomic mass is 16.2. The van der Waals surface area contributed by atoms with Crippen molar-refractivity contribution in [3.63, 3.8) is 0 Å². The van der Waals surface area contributed by atoms with Gasteiger partial charge in [-0.1, -0.05) is 24.3 Å². The molecule has 0 fully saturated rings. The number of imidazole rings is 1. The molecule has 106 valence electrons. The van der Waals surface area contributed by atoms with E-state index in [0.29, 0.717) is 6.54 Å². The molecule has 0 radical (unpaired) electrons. The number of carbonyl (C=O) groups excluding carboxylic acids is 1. The average molecular weight is 280 g/mol. The maximum atomic E-state index is 11.9. The summed E-state index contributed by atoms with van der Waals surface area (Å²) in [6.07, 6.45) is 1.63. The Kier molecular flexibility index (Phi) is 3.55. The van der Waals surface area contributed by atoms with Crippen molar-refractivity contribution in [3.05, 3.63) is 59.9 Å². The maximum absolute atomic E-state index is 11.9. The van der Waals surface area contributed by atoms with Gasteiger partial charge in [0.05, 0.1) is 17.4 Å². The summed E-state index contributed by atoms with van der Waals surface area (Å²) in [5, 5.41) is 5.67. The topological polar surface area (TPSA) is 69.8 Å². The third kappa shape index (κ3) is 3.02. The number of aromatic amines is 1. The van der Waals surface area contributed by atoms with Crippen molar-refractivity contribution in [1.29, 1.82) is 0 Å². The Morgan fingerprint density at radius 3 is 2.95 bits per heavy atom. The molecule has 1 aromatic heterocycles. The van der Waals surface area contributed by atoms with Gasteiger partial charge in [-0.15, -0.1) is 0 Å². The molecule has 0 unspecified atom stereocenters. The van der Waals surface area contributed by atoms with Crippen LogP contribution in [0.2, 0.25) is 0 Å². The van der Waals surface area contributed by atoms with Crippen molar-refractivity contribution in [1.82, 2.24) is 15.3 Å². The fourth-order valence-electron chi connectivity index (χ4n) is 2.17. The van der Waals surface area contributed by atoms with Gasteiger partial charge < -0.3 is 15.6 Å². The average Bonchev–Trinajstić information content (AvgIpc) is 2.94. The summed E-state index contributed by atoms with van der Waals surface area (Å²) in [6.45, 7) is 2.53. The van der Waals surface area contributed by atoms with Gasteiger partial charge in [0.1, 0.15) is 0 Å². The summed E-state index contributed by atoms with van der Waals surface area (Å²) in [5.41, 5.74) is 4.77. The zero-order valence-corrected chi connectivity index (χ0v) is 11.7. The molecule has 1 heterocycles. The highest BCUT2D eigenvalue weighted by Crippen LogP contribution is 2.15. The van der Waals surface area contributed by atoms with Gasteiger partial charge in [-0.3, -0.25) is 0 Å². The molecule has 0 spiro atoms. The summed E-state index contributed by atoms with van der Waals surface area (Å²) in [6, 6.07) is 13.3. The first-order valence-electron chi connectivity index (χ1n) is 6.75. The zero-order valence-electron chi connectivity index (χ0n) is 11.7. The smallest absolute Gasteiger partial charge is 0.319 e. The SMILES string of the molecule is Cc1ccccc1CNC(=O)Nc1ccc2nc[nH]c2c1. The van der Waals surface area contributed by atoms with E-state index in [4.69, 9.17) is 0 Å². The molecule has 0 saturated heterocycles. The van der Waals surface area contributed by atoms with Gasteiger partial charge in [0.2, 0.25) is 0 Å². The molecule has 2 aromatic carbocycles. The number of carbonyl (C=O) groups is 1. The fraction of sp³-hybridized carbons (Fsp3) is 0.125. The molecule has 0 atom stereocenters. The van der Waals surface area contributed by atoms with Gasteiger partial charge in [0.15, 0.2) is 0 Å². The summed E-state index contributed by atoms with van der Waals surface area (Å²) in [4.78, 5) is 19.1. The van der Waals surface area contributed by atoms with Crippen LogP contribution in [-0.4, -0.2) is 16.0 Å². The Labute approximate surface area is 122 Å². The summed E-state index contributed by atoms with van der Waals surface area (Å²) in [7, 11) is 0. The van der Waals surface area contributed by atoms with Crippen LogP contribution in [0.15, 0.2) is 48.8 Å². The van der Waals surface area contributed by atoms with Crippen LogP contribution in [0.1, 0.15) is 11.1 Å². The van der Waals surface area contributed by atoms with E-state index >= 15 is 0 Å². The van der Waals surface area contributed by atoms with Crippen molar-refractivity contribution in [2.45, 2.75) is 13.5 Å². The second-order valence-corrected chi connectivity index (χ2v) is 4.87. The van der Waals surface area contributed by atoms with Gasteiger partial charge in [-0.2, -0.15) is 0 Å². The van der Waals surface area contributed by atoms with Crippen molar-refractivity contribution in [2.24, 2.45) is 0 Å². The molecule has 0 aliphatic rings. The van der Waals surface area contributed by atoms with Crippen LogP contribution in [0.25, 0.3) is 11.0 Å². The minimum absolute atomic E-state index is 0.225. The quantitative estimate of drug-likeness (QED) is 0.689. The lowest BCUT2D eigenvalue weighted by atomic mass is 10.1. The normalized spacial score (nSPS) is 10.5. The van der Waals surface area contributed by atoms with E-state index < -0.39 is 0 Å². The Balaban J connectivity index is 1.62. The highest BCUT2D eigenvalue weighted by molar-refractivity contribution is 5.91. The van der Waals surface area contributed by atoms with E-state index in [1.165, 1.54) is 0 Å². The van der Waals surface area contributed by atoms with Crippen LogP contribution in [0, 0.1) is 6.92 Å². The van der Waals surface area contributed by atoms with Crippen LogP contribution < -0.4 is 10.6 Å². The molecule has 0 aliphatic heterocycles. The number of amides is 2. The van der Waals surface area contributed by atoms with Crippen molar-refractivity contribution in [2.75, 3.05) is 5.32 Å². The molecular weight excluding hydrogens is 264 g/mol. The Hall–Kier alpha value is -2.82. The number of hydrogen-bond donors (Lipinski definition) is 3. The van der Waals surface area contributed by atoms with Crippen molar-refractivity contribution >= 4 is 22.8 Å². The first kappa shape index (κ1) is 13.2. The van der Waals surface area contributed by atoms with E-state index in [1.807, 2.05) is 49.4 Å². The summed E-state index contributed by atoms with van der Waals surface area (Å²) in [5.74, 6) is 0. The van der Waals surface area contributed by atoms with Crippen LogP contribution in [0.3, 0.4) is 0 Å². The molecule has 3 rings (SSSR count). The first-order chi connectivity index (χ1) is 10.2. The van der Waals surface area contributed by atoms with Gasteiger partial charge in [-0.05, 0) is 36.2 Å². The third-order valence-corrected chi connectivity index (χ3v) is 3.38. The number of anilines is 1. The Morgan fingerprint density at radius 2 is 2.10 bits per heavy atom. The number of fused-ring (bicyclic) bond motifs is 1. The summed E-state index contributed by atoms with van der Waals surface area (Å²) < 4.78 is 0. The predicted octanol–water partition coefficient (Wildman–Crippen LogP) is 3.19. The minimum Gasteiger partial charge on any atom is -0.345 e. The minimum atomic E-state index is -0.225. The molecule has 3 aromatic rings. The number of H-pyrrole nitrogens is 1. The Morgan fingerprint density at radius 1 is 1.24 bits per heavy atom. The molecule has 0 saturated carbocycles. The lowest BCUT2D eigenvalue weighted by Gasteiger charge is -2.09. The molecule has 0 bridgehead atoms. The molecule has 5 heteroatoms. The van der Waals surface area contributed by atoms with Crippen molar-refractivity contribution in [3.8, 4) is 0 Å². The second kappa shape index (κ2) is 5.66. The third-order valence-electron chi connectivity index (χ3n) is 3.38. The van der Waals surface area contributed by atoms with Crippen LogP contribution >= 0.6 is 0 Å². The Bertz CT molecular complexity index is 779. The van der Waals surface area contributed by atoms with Crippen molar-refractivity contribution < 1.29 is 4.79 Å². The van der Waals surface area contributed by atoms with E-state index in [2.05, 4.69) is 20.6 Å². The number of rotatable bonds is 3. The number of hydrogen-bond acceptors (Lipinski definition) is 2. The van der Waals surface area contributed by atoms with Crippen LogP contribution in [-0.2, 0) is 6.54 Å². The van der Waals surface area contributed by atoms with E-state index in [-0.39, 0.29) is 6.03 Å². The van der Waals surface area contributed by atoms with Gasteiger partial charge in [0, 0.05) is 12.2 Å². The number of nitrogens with one attached hydrogen (secondary N) is 3. The predicted molar refractivity (Wildman–Crippen MR) is 83.1 cm³/mol. The summed E-state index contributed by atoms with van der Waals surface area (Å²) >= 11 is 0. The van der Waals surface area contributed by atoms with Crippen LogP contribution in [0.5, 0.6) is 0 Å². The molecular formula is C16H16N4O. The molecule has 5 nitrogen and oxygen atoms in total. The van der Waals surface area contributed by atoms with E-state index in [9.17, 15) is 4.79 Å². The highest BCUT2D eigenvalue weighted by Gasteiger charge is 2.04. The number of aromatic nitrogens is 2. The second-order valence-electron chi connectivity index (χ2n) is 4.87. The number of aryl methyl sites for hydroxylation is 1. The number of nitrogens with zero attached hydrogens (tertiary/aromatic N) is 1. The monoisotopic (exact) mass is 280 g/mol. The maximum Gasteiger partial charge on any atom is 0.319 e. The molecule has 21 heavy (non-hydrogen) atoms. The molecule has 2 amide bonds. The largest absolute Gasteiger partial charge is 0.345 e. The fourth-order valence-corrected chi connectivity index (χ4v) is 2.17. The van der Waals surface area contributed by atoms with Gasteiger partial charge in [-0.25, -0.2) is 9.78 Å².